The van der Waals surface area contributed by atoms with Crippen LogP contribution in [0, 0.1) is 0 Å². The lowest BCUT2D eigenvalue weighted by molar-refractivity contribution is 0.670. The van der Waals surface area contributed by atoms with Crippen LogP contribution in [0.15, 0.2) is 205 Å². The predicted molar refractivity (Wildman–Crippen MR) is 220 cm³/mol. The average Bonchev–Trinajstić information content (AvgIpc) is 3.59. The van der Waals surface area contributed by atoms with Gasteiger partial charge in [0, 0.05) is 33.3 Å². The molecular weight excluding hydrogens is 631 g/mol. The summed E-state index contributed by atoms with van der Waals surface area (Å²) in [4.78, 5) is 2.38. The molecule has 0 aliphatic heterocycles. The first kappa shape index (κ1) is 30.0. The maximum atomic E-state index is 6.59. The fourth-order valence-corrected chi connectivity index (χ4v) is 7.72. The second-order valence-electron chi connectivity index (χ2n) is 13.3. The van der Waals surface area contributed by atoms with E-state index >= 15 is 0 Å². The van der Waals surface area contributed by atoms with Gasteiger partial charge in [0.2, 0.25) is 0 Å². The SMILES string of the molecule is c1ccc(-c2ccc(N(c3ccc(-c4c5ccccc5cc5c4oc4ccccc45)cc3)c3ccccc3-c3ccc4ccccc4c3)cc2)cc1. The quantitative estimate of drug-likeness (QED) is 0.176. The van der Waals surface area contributed by atoms with Crippen LogP contribution in [0.3, 0.4) is 0 Å². The number of hydrogen-bond donors (Lipinski definition) is 0. The Labute approximate surface area is 302 Å². The Morgan fingerprint density at radius 1 is 0.346 bits per heavy atom. The molecule has 52 heavy (non-hydrogen) atoms. The molecule has 10 aromatic rings. The van der Waals surface area contributed by atoms with E-state index < -0.39 is 0 Å². The van der Waals surface area contributed by atoms with E-state index in [0.717, 1.165) is 50.1 Å². The first-order valence-electron chi connectivity index (χ1n) is 17.8. The zero-order valence-corrected chi connectivity index (χ0v) is 28.4. The lowest BCUT2D eigenvalue weighted by Crippen LogP contribution is -2.11. The summed E-state index contributed by atoms with van der Waals surface area (Å²) in [7, 11) is 0. The molecule has 0 amide bonds. The van der Waals surface area contributed by atoms with Crippen LogP contribution < -0.4 is 4.90 Å². The molecule has 0 aliphatic carbocycles. The predicted octanol–water partition coefficient (Wildman–Crippen LogP) is 14.4. The van der Waals surface area contributed by atoms with Crippen LogP contribution in [0.4, 0.5) is 17.1 Å². The topological polar surface area (TPSA) is 16.4 Å². The number of furan rings is 1. The second kappa shape index (κ2) is 12.5. The number of nitrogens with zero attached hydrogens (tertiary/aromatic N) is 1. The molecule has 0 fully saturated rings. The Hall–Kier alpha value is -6.90. The van der Waals surface area contributed by atoms with Gasteiger partial charge in [-0.3, -0.25) is 0 Å². The van der Waals surface area contributed by atoms with Crippen molar-refractivity contribution in [1.29, 1.82) is 0 Å². The number of benzene rings is 9. The normalized spacial score (nSPS) is 11.5. The van der Waals surface area contributed by atoms with E-state index in [1.54, 1.807) is 0 Å². The van der Waals surface area contributed by atoms with E-state index in [9.17, 15) is 0 Å². The summed E-state index contributed by atoms with van der Waals surface area (Å²) in [6, 6.07) is 71.7. The van der Waals surface area contributed by atoms with Gasteiger partial charge in [0.15, 0.2) is 0 Å². The van der Waals surface area contributed by atoms with Crippen LogP contribution in [0.2, 0.25) is 0 Å². The van der Waals surface area contributed by atoms with Crippen molar-refractivity contribution in [3.8, 4) is 33.4 Å². The zero-order valence-electron chi connectivity index (χ0n) is 28.4. The maximum absolute atomic E-state index is 6.59. The average molecular weight is 664 g/mol. The monoisotopic (exact) mass is 663 g/mol. The van der Waals surface area contributed by atoms with Gasteiger partial charge in [0.1, 0.15) is 11.2 Å². The first-order chi connectivity index (χ1) is 25.8. The van der Waals surface area contributed by atoms with Crippen LogP contribution in [-0.4, -0.2) is 0 Å². The first-order valence-corrected chi connectivity index (χ1v) is 17.8. The minimum absolute atomic E-state index is 0.904. The highest BCUT2D eigenvalue weighted by Gasteiger charge is 2.20. The molecule has 1 aromatic heterocycles. The minimum Gasteiger partial charge on any atom is -0.455 e. The Kier molecular flexibility index (Phi) is 7.18. The highest BCUT2D eigenvalue weighted by Crippen LogP contribution is 2.45. The molecule has 0 bridgehead atoms. The third kappa shape index (κ3) is 5.12. The summed E-state index contributed by atoms with van der Waals surface area (Å²) in [6.07, 6.45) is 0. The van der Waals surface area contributed by atoms with Gasteiger partial charge < -0.3 is 9.32 Å². The zero-order chi connectivity index (χ0) is 34.4. The largest absolute Gasteiger partial charge is 0.455 e. The maximum Gasteiger partial charge on any atom is 0.143 e. The van der Waals surface area contributed by atoms with Gasteiger partial charge in [0.25, 0.3) is 0 Å². The molecule has 0 N–H and O–H groups in total. The molecule has 0 saturated heterocycles. The highest BCUT2D eigenvalue weighted by atomic mass is 16.3. The van der Waals surface area contributed by atoms with Crippen LogP contribution in [0.1, 0.15) is 0 Å². The van der Waals surface area contributed by atoms with E-state index in [-0.39, 0.29) is 0 Å². The summed E-state index contributed by atoms with van der Waals surface area (Å²) < 4.78 is 6.59. The van der Waals surface area contributed by atoms with Gasteiger partial charge in [0.05, 0.1) is 5.69 Å². The van der Waals surface area contributed by atoms with Crippen molar-refractivity contribution in [1.82, 2.24) is 0 Å². The van der Waals surface area contributed by atoms with E-state index in [1.807, 2.05) is 6.07 Å². The van der Waals surface area contributed by atoms with Crippen LogP contribution in [0.5, 0.6) is 0 Å². The Morgan fingerprint density at radius 3 is 1.71 bits per heavy atom. The second-order valence-corrected chi connectivity index (χ2v) is 13.3. The molecule has 0 spiro atoms. The molecule has 2 heteroatoms. The molecular formula is C50H33NO. The van der Waals surface area contributed by atoms with Crippen molar-refractivity contribution < 1.29 is 4.42 Å². The third-order valence-corrected chi connectivity index (χ3v) is 10.2. The van der Waals surface area contributed by atoms with Crippen LogP contribution in [-0.2, 0) is 0 Å². The van der Waals surface area contributed by atoms with Crippen molar-refractivity contribution in [2.45, 2.75) is 0 Å². The van der Waals surface area contributed by atoms with Gasteiger partial charge >= 0.3 is 0 Å². The molecule has 10 rings (SSSR count). The number of hydrogen-bond acceptors (Lipinski definition) is 2. The smallest absolute Gasteiger partial charge is 0.143 e. The molecule has 2 nitrogen and oxygen atoms in total. The van der Waals surface area contributed by atoms with E-state index in [0.29, 0.717) is 0 Å². The Balaban J connectivity index is 1.14. The van der Waals surface area contributed by atoms with Crippen LogP contribution >= 0.6 is 0 Å². The molecule has 0 radical (unpaired) electrons. The summed E-state index contributed by atoms with van der Waals surface area (Å²) in [6.45, 7) is 0. The lowest BCUT2D eigenvalue weighted by atomic mass is 9.94. The van der Waals surface area contributed by atoms with E-state index in [4.69, 9.17) is 4.42 Å². The Bertz CT molecular complexity index is 2890. The molecule has 9 aromatic carbocycles. The fraction of sp³-hybridized carbons (Fsp3) is 0. The van der Waals surface area contributed by atoms with Crippen molar-refractivity contribution >= 4 is 60.5 Å². The van der Waals surface area contributed by atoms with Crippen molar-refractivity contribution in [2.24, 2.45) is 0 Å². The summed E-state index contributed by atoms with van der Waals surface area (Å²) in [5, 5.41) is 7.11. The van der Waals surface area contributed by atoms with Crippen molar-refractivity contribution in [3.05, 3.63) is 200 Å². The standard InChI is InChI=1S/C50H33NO/c1-2-12-34(13-3-1)36-24-28-41(29-25-36)51(47-20-10-8-17-43(47)40-23-22-35-14-4-5-15-38(35)32-40)42-30-26-37(27-31-42)49-44-18-7-6-16-39(44)33-46-45-19-9-11-21-48(45)52-50(46)49/h1-33H. The fourth-order valence-electron chi connectivity index (χ4n) is 7.72. The molecule has 244 valence electrons. The number of rotatable bonds is 6. The molecule has 0 unspecified atom stereocenters. The lowest BCUT2D eigenvalue weighted by Gasteiger charge is -2.28. The molecule has 0 saturated carbocycles. The molecule has 0 aliphatic rings. The highest BCUT2D eigenvalue weighted by molar-refractivity contribution is 6.18. The van der Waals surface area contributed by atoms with Crippen molar-refractivity contribution in [2.75, 3.05) is 4.90 Å². The molecule has 1 heterocycles. The van der Waals surface area contributed by atoms with Crippen LogP contribution in [0.25, 0.3) is 76.9 Å². The number of anilines is 3. The van der Waals surface area contributed by atoms with Gasteiger partial charge in [-0.05, 0) is 92.3 Å². The van der Waals surface area contributed by atoms with Gasteiger partial charge in [-0.1, -0.05) is 152 Å². The summed E-state index contributed by atoms with van der Waals surface area (Å²) in [5.74, 6) is 0. The summed E-state index contributed by atoms with van der Waals surface area (Å²) in [5.41, 5.74) is 12.1. The Morgan fingerprint density at radius 2 is 0.923 bits per heavy atom. The van der Waals surface area contributed by atoms with Gasteiger partial charge in [-0.25, -0.2) is 0 Å². The molecule has 0 atom stereocenters. The minimum atomic E-state index is 0.904. The van der Waals surface area contributed by atoms with E-state index in [1.165, 1.54) is 43.8 Å². The number of fused-ring (bicyclic) bond motifs is 5. The summed E-state index contributed by atoms with van der Waals surface area (Å²) >= 11 is 0. The van der Waals surface area contributed by atoms with E-state index in [2.05, 4.69) is 199 Å². The van der Waals surface area contributed by atoms with Gasteiger partial charge in [-0.2, -0.15) is 0 Å². The number of para-hydroxylation sites is 2. The van der Waals surface area contributed by atoms with Gasteiger partial charge in [-0.15, -0.1) is 0 Å². The van der Waals surface area contributed by atoms with Crippen molar-refractivity contribution in [3.63, 3.8) is 0 Å². The third-order valence-electron chi connectivity index (χ3n) is 10.2.